The van der Waals surface area contributed by atoms with Gasteiger partial charge in [-0.15, -0.1) is 0 Å². The van der Waals surface area contributed by atoms with Crippen molar-refractivity contribution in [1.82, 2.24) is 0 Å². The SMILES string of the molecule is [N-]=[N+]=Nc1c(Br)cc(S(N)(=O)=O)cc1Br. The Hall–Kier alpha value is -0.600. The highest BCUT2D eigenvalue weighted by Crippen LogP contribution is 2.35. The zero-order chi connectivity index (χ0) is 11.6. The molecule has 0 aliphatic rings. The molecule has 0 saturated heterocycles. The van der Waals surface area contributed by atoms with Crippen LogP contribution in [0.5, 0.6) is 0 Å². The van der Waals surface area contributed by atoms with Gasteiger partial charge in [-0.05, 0) is 17.7 Å². The zero-order valence-corrected chi connectivity index (χ0v) is 11.0. The van der Waals surface area contributed by atoms with Crippen molar-refractivity contribution in [2.24, 2.45) is 10.3 Å². The van der Waals surface area contributed by atoms with Crippen molar-refractivity contribution in [2.45, 2.75) is 4.90 Å². The summed E-state index contributed by atoms with van der Waals surface area (Å²) >= 11 is 6.15. The van der Waals surface area contributed by atoms with Crippen LogP contribution in [0.25, 0.3) is 10.4 Å². The summed E-state index contributed by atoms with van der Waals surface area (Å²) < 4.78 is 22.8. The van der Waals surface area contributed by atoms with Gasteiger partial charge in [0.15, 0.2) is 0 Å². The maximum atomic E-state index is 11.0. The molecule has 1 aromatic rings. The van der Waals surface area contributed by atoms with E-state index < -0.39 is 10.0 Å². The molecule has 9 heteroatoms. The third kappa shape index (κ3) is 2.93. The highest BCUT2D eigenvalue weighted by molar-refractivity contribution is 9.11. The lowest BCUT2D eigenvalue weighted by molar-refractivity contribution is 0.597. The minimum absolute atomic E-state index is 0.0712. The van der Waals surface area contributed by atoms with Crippen molar-refractivity contribution >= 4 is 47.6 Å². The van der Waals surface area contributed by atoms with Crippen molar-refractivity contribution in [2.75, 3.05) is 0 Å². The van der Waals surface area contributed by atoms with E-state index >= 15 is 0 Å². The third-order valence-corrected chi connectivity index (χ3v) is 3.57. The summed E-state index contributed by atoms with van der Waals surface area (Å²) in [7, 11) is -3.77. The number of azide groups is 1. The maximum absolute atomic E-state index is 11.0. The zero-order valence-electron chi connectivity index (χ0n) is 7.05. The smallest absolute Gasteiger partial charge is 0.225 e. The number of nitrogens with two attached hydrogens (primary N) is 1. The summed E-state index contributed by atoms with van der Waals surface area (Å²) in [5, 5.41) is 8.33. The molecule has 0 amide bonds. The van der Waals surface area contributed by atoms with Crippen LogP contribution in [0.3, 0.4) is 0 Å². The highest BCUT2D eigenvalue weighted by atomic mass is 79.9. The number of hydrogen-bond acceptors (Lipinski definition) is 3. The standard InChI is InChI=1S/C6H4Br2N4O2S/c7-4-1-3(15(10,13)14)2-5(8)6(4)11-12-9/h1-2H,(H2,10,13,14). The normalized spacial score (nSPS) is 10.9. The van der Waals surface area contributed by atoms with Gasteiger partial charge in [0.05, 0.1) is 10.6 Å². The summed E-state index contributed by atoms with van der Waals surface area (Å²) in [6.45, 7) is 0. The van der Waals surface area contributed by atoms with Crippen LogP contribution in [-0.4, -0.2) is 8.42 Å². The van der Waals surface area contributed by atoms with Crippen LogP contribution in [0.15, 0.2) is 31.1 Å². The Kier molecular flexibility index (Phi) is 3.74. The van der Waals surface area contributed by atoms with Gasteiger partial charge in [0.1, 0.15) is 0 Å². The monoisotopic (exact) mass is 354 g/mol. The third-order valence-electron chi connectivity index (χ3n) is 1.46. The fourth-order valence-corrected chi connectivity index (χ4v) is 3.06. The van der Waals surface area contributed by atoms with Crippen LogP contribution < -0.4 is 5.14 Å². The molecule has 1 rings (SSSR count). The van der Waals surface area contributed by atoms with Gasteiger partial charge >= 0.3 is 0 Å². The first-order valence-electron chi connectivity index (χ1n) is 3.43. The first kappa shape index (κ1) is 12.5. The number of benzene rings is 1. The van der Waals surface area contributed by atoms with Gasteiger partial charge < -0.3 is 0 Å². The lowest BCUT2D eigenvalue weighted by Crippen LogP contribution is -2.12. The lowest BCUT2D eigenvalue weighted by atomic mass is 10.3. The molecule has 2 N–H and O–H groups in total. The molecule has 0 bridgehead atoms. The molecule has 0 atom stereocenters. The van der Waals surface area contributed by atoms with E-state index in [1.54, 1.807) is 0 Å². The first-order chi connectivity index (χ1) is 6.86. The molecule has 0 saturated carbocycles. The van der Waals surface area contributed by atoms with E-state index in [9.17, 15) is 8.42 Å². The average molecular weight is 356 g/mol. The molecule has 1 aromatic carbocycles. The second-order valence-corrected chi connectivity index (χ2v) is 5.74. The van der Waals surface area contributed by atoms with Crippen LogP contribution in [0.4, 0.5) is 5.69 Å². The summed E-state index contributed by atoms with van der Waals surface area (Å²) in [5.41, 5.74) is 8.54. The Bertz CT molecular complexity index is 527. The van der Waals surface area contributed by atoms with Gasteiger partial charge in [-0.25, -0.2) is 13.6 Å². The average Bonchev–Trinajstić information content (AvgIpc) is 2.09. The van der Waals surface area contributed by atoms with Gasteiger partial charge in [-0.3, -0.25) is 0 Å². The van der Waals surface area contributed by atoms with Crippen molar-refractivity contribution < 1.29 is 8.42 Å². The van der Waals surface area contributed by atoms with Gasteiger partial charge in [-0.1, -0.05) is 37.0 Å². The Morgan fingerprint density at radius 3 is 2.13 bits per heavy atom. The predicted molar refractivity (Wildman–Crippen MR) is 62.0 cm³/mol. The van der Waals surface area contributed by atoms with Gasteiger partial charge in [-0.2, -0.15) is 0 Å². The van der Waals surface area contributed by atoms with E-state index in [-0.39, 0.29) is 10.6 Å². The molecule has 80 valence electrons. The Morgan fingerprint density at radius 1 is 1.33 bits per heavy atom. The molecular weight excluding hydrogens is 352 g/mol. The van der Waals surface area contributed by atoms with E-state index in [0.29, 0.717) is 8.95 Å². The number of rotatable bonds is 2. The van der Waals surface area contributed by atoms with Crippen molar-refractivity contribution in [3.63, 3.8) is 0 Å². The molecule has 0 aliphatic heterocycles. The quantitative estimate of drug-likeness (QED) is 0.500. The number of nitrogens with zero attached hydrogens (tertiary/aromatic N) is 3. The topological polar surface area (TPSA) is 109 Å². The fraction of sp³-hybridized carbons (Fsp3) is 0. The van der Waals surface area contributed by atoms with Gasteiger partial charge in [0, 0.05) is 13.9 Å². The van der Waals surface area contributed by atoms with Crippen LogP contribution >= 0.6 is 31.9 Å². The summed E-state index contributed by atoms with van der Waals surface area (Å²) in [6.07, 6.45) is 0. The van der Waals surface area contributed by atoms with Gasteiger partial charge in [0.2, 0.25) is 10.0 Å². The second-order valence-electron chi connectivity index (χ2n) is 2.47. The molecule has 0 heterocycles. The Balaban J connectivity index is 3.52. The first-order valence-corrected chi connectivity index (χ1v) is 6.56. The van der Waals surface area contributed by atoms with Crippen molar-refractivity contribution in [3.8, 4) is 0 Å². The lowest BCUT2D eigenvalue weighted by Gasteiger charge is -2.04. The maximum Gasteiger partial charge on any atom is 0.238 e. The van der Waals surface area contributed by atoms with Gasteiger partial charge in [0.25, 0.3) is 0 Å². The fourth-order valence-electron chi connectivity index (χ4n) is 0.847. The molecule has 0 aromatic heterocycles. The largest absolute Gasteiger partial charge is 0.238 e. The minimum Gasteiger partial charge on any atom is -0.225 e. The number of halogens is 2. The van der Waals surface area contributed by atoms with Crippen molar-refractivity contribution in [3.05, 3.63) is 31.5 Å². The molecule has 6 nitrogen and oxygen atoms in total. The highest BCUT2D eigenvalue weighted by Gasteiger charge is 2.13. The van der Waals surface area contributed by atoms with Crippen LogP contribution in [-0.2, 0) is 10.0 Å². The molecule has 0 aliphatic carbocycles. The molecule has 0 radical (unpaired) electrons. The summed E-state index contributed by atoms with van der Waals surface area (Å²) in [4.78, 5) is 2.53. The molecule has 0 unspecified atom stereocenters. The summed E-state index contributed by atoms with van der Waals surface area (Å²) in [5.74, 6) is 0. The molecule has 0 fully saturated rings. The predicted octanol–water partition coefficient (Wildman–Crippen LogP) is 2.80. The Labute approximate surface area is 102 Å². The van der Waals surface area contributed by atoms with E-state index in [4.69, 9.17) is 10.7 Å². The number of hydrogen-bond donors (Lipinski definition) is 1. The molecular formula is C6H4Br2N4O2S. The van der Waals surface area contributed by atoms with Crippen LogP contribution in [0.2, 0.25) is 0 Å². The van der Waals surface area contributed by atoms with E-state index in [0.717, 1.165) is 0 Å². The molecule has 0 spiro atoms. The number of sulfonamides is 1. The van der Waals surface area contributed by atoms with E-state index in [1.165, 1.54) is 12.1 Å². The van der Waals surface area contributed by atoms with E-state index in [1.807, 2.05) is 0 Å². The molecule has 15 heavy (non-hydrogen) atoms. The van der Waals surface area contributed by atoms with Crippen molar-refractivity contribution in [1.29, 1.82) is 0 Å². The minimum atomic E-state index is -3.77. The summed E-state index contributed by atoms with van der Waals surface area (Å²) in [6, 6.07) is 2.54. The Morgan fingerprint density at radius 2 is 1.80 bits per heavy atom. The second kappa shape index (κ2) is 4.50. The number of primary sulfonamides is 1. The van der Waals surface area contributed by atoms with E-state index in [2.05, 4.69) is 41.9 Å². The van der Waals surface area contributed by atoms with Crippen LogP contribution in [0.1, 0.15) is 0 Å². The van der Waals surface area contributed by atoms with Crippen LogP contribution in [0, 0.1) is 0 Å².